The highest BCUT2D eigenvalue weighted by Crippen LogP contribution is 2.25. The van der Waals surface area contributed by atoms with E-state index in [0.29, 0.717) is 0 Å². The average Bonchev–Trinajstić information content (AvgIpc) is 2.57. The second kappa shape index (κ2) is 6.82. The molecule has 0 N–H and O–H groups in total. The van der Waals surface area contributed by atoms with Crippen LogP contribution in [-0.4, -0.2) is 43.5 Å². The third-order valence-electron chi connectivity index (χ3n) is 2.60. The van der Waals surface area contributed by atoms with Gasteiger partial charge >= 0.3 is 17.9 Å². The van der Waals surface area contributed by atoms with Crippen molar-refractivity contribution in [2.24, 2.45) is 0 Å². The van der Waals surface area contributed by atoms with Crippen LogP contribution in [0.4, 0.5) is 0 Å². The molecule has 118 valence electrons. The molecule has 0 aromatic heterocycles. The Bertz CT molecular complexity index is 470. The Morgan fingerprint density at radius 1 is 1.24 bits per heavy atom. The van der Waals surface area contributed by atoms with Crippen molar-refractivity contribution in [3.05, 3.63) is 11.1 Å². The summed E-state index contributed by atoms with van der Waals surface area (Å²) in [6.07, 6.45) is -1.16. The fraction of sp³-hybridized carbons (Fsp3) is 0.643. The lowest BCUT2D eigenvalue weighted by atomic mass is 10.0. The minimum Gasteiger partial charge on any atom is -0.460 e. The summed E-state index contributed by atoms with van der Waals surface area (Å²) in [5.41, 5.74) is -0.495. The average molecular weight is 300 g/mol. The summed E-state index contributed by atoms with van der Waals surface area (Å²) in [5, 5.41) is 0. The molecular formula is C14H20O7. The van der Waals surface area contributed by atoms with Gasteiger partial charge in [-0.1, -0.05) is 0 Å². The lowest BCUT2D eigenvalue weighted by Crippen LogP contribution is -2.30. The molecule has 0 amide bonds. The maximum atomic E-state index is 11.9. The van der Waals surface area contributed by atoms with E-state index in [-0.39, 0.29) is 24.4 Å². The SMILES string of the molecule is COCOC(CC(=O)OC(C)(C)C)C1=C(C)C(=O)OC1=O. The minimum atomic E-state index is -0.946. The van der Waals surface area contributed by atoms with Crippen LogP contribution in [0.3, 0.4) is 0 Å². The highest BCUT2D eigenvalue weighted by Gasteiger charge is 2.37. The zero-order valence-electron chi connectivity index (χ0n) is 12.8. The summed E-state index contributed by atoms with van der Waals surface area (Å²) in [5.74, 6) is -2.08. The summed E-state index contributed by atoms with van der Waals surface area (Å²) in [6, 6.07) is 0. The van der Waals surface area contributed by atoms with E-state index in [1.807, 2.05) is 0 Å². The van der Waals surface area contributed by atoms with Gasteiger partial charge in [0.2, 0.25) is 0 Å². The highest BCUT2D eigenvalue weighted by atomic mass is 16.7. The predicted molar refractivity (Wildman–Crippen MR) is 71.0 cm³/mol. The van der Waals surface area contributed by atoms with Gasteiger partial charge in [-0.2, -0.15) is 0 Å². The van der Waals surface area contributed by atoms with Crippen LogP contribution in [0, 0.1) is 0 Å². The smallest absolute Gasteiger partial charge is 0.345 e. The fourth-order valence-corrected chi connectivity index (χ4v) is 1.78. The van der Waals surface area contributed by atoms with E-state index in [9.17, 15) is 14.4 Å². The number of cyclic esters (lactones) is 2. The second-order valence-electron chi connectivity index (χ2n) is 5.57. The number of carbonyl (C=O) groups is 3. The Morgan fingerprint density at radius 3 is 2.29 bits per heavy atom. The van der Waals surface area contributed by atoms with E-state index in [1.54, 1.807) is 20.8 Å². The Morgan fingerprint density at radius 2 is 1.86 bits per heavy atom. The Kier molecular flexibility index (Phi) is 5.62. The molecular weight excluding hydrogens is 280 g/mol. The van der Waals surface area contributed by atoms with Gasteiger partial charge in [0.15, 0.2) is 0 Å². The maximum Gasteiger partial charge on any atom is 0.345 e. The Hall–Kier alpha value is -1.73. The molecule has 1 aliphatic heterocycles. The van der Waals surface area contributed by atoms with Crippen LogP contribution in [0.15, 0.2) is 11.1 Å². The number of rotatable bonds is 6. The quantitative estimate of drug-likeness (QED) is 0.412. The number of methoxy groups -OCH3 is 1. The first-order valence-electron chi connectivity index (χ1n) is 6.45. The summed E-state index contributed by atoms with van der Waals surface area (Å²) < 4.78 is 19.8. The molecule has 7 nitrogen and oxygen atoms in total. The van der Waals surface area contributed by atoms with Crippen LogP contribution in [0.5, 0.6) is 0 Å². The number of hydrogen-bond donors (Lipinski definition) is 0. The molecule has 21 heavy (non-hydrogen) atoms. The number of carbonyl (C=O) groups excluding carboxylic acids is 3. The van der Waals surface area contributed by atoms with Gasteiger partial charge in [0, 0.05) is 12.7 Å². The molecule has 0 saturated carbocycles. The van der Waals surface area contributed by atoms with Crippen LogP contribution in [-0.2, 0) is 33.3 Å². The zero-order chi connectivity index (χ0) is 16.2. The summed E-state index contributed by atoms with van der Waals surface area (Å²) in [7, 11) is 1.41. The van der Waals surface area contributed by atoms with E-state index in [1.165, 1.54) is 14.0 Å². The molecule has 0 aromatic rings. The van der Waals surface area contributed by atoms with Crippen molar-refractivity contribution in [1.29, 1.82) is 0 Å². The first kappa shape index (κ1) is 17.3. The van der Waals surface area contributed by atoms with E-state index in [4.69, 9.17) is 14.2 Å². The van der Waals surface area contributed by atoms with Gasteiger partial charge in [-0.3, -0.25) is 4.79 Å². The van der Waals surface area contributed by atoms with Crippen molar-refractivity contribution >= 4 is 17.9 Å². The zero-order valence-corrected chi connectivity index (χ0v) is 12.8. The molecule has 1 unspecified atom stereocenters. The molecule has 0 saturated heterocycles. The summed E-state index contributed by atoms with van der Waals surface area (Å²) in [4.78, 5) is 35.0. The molecule has 0 radical (unpaired) electrons. The third-order valence-corrected chi connectivity index (χ3v) is 2.60. The maximum absolute atomic E-state index is 11.9. The molecule has 0 fully saturated rings. The normalized spacial score (nSPS) is 17.0. The largest absolute Gasteiger partial charge is 0.460 e. The second-order valence-corrected chi connectivity index (χ2v) is 5.57. The van der Waals surface area contributed by atoms with Crippen LogP contribution in [0.25, 0.3) is 0 Å². The standard InChI is InChI=1S/C14H20O7/c1-8-11(13(17)20-12(8)16)9(19-7-18-5)6-10(15)21-14(2,3)4/h9H,6-7H2,1-5H3. The third kappa shape index (κ3) is 4.95. The van der Waals surface area contributed by atoms with E-state index in [0.717, 1.165) is 0 Å². The van der Waals surface area contributed by atoms with Gasteiger partial charge in [0.1, 0.15) is 18.5 Å². The fourth-order valence-electron chi connectivity index (χ4n) is 1.78. The van der Waals surface area contributed by atoms with Crippen molar-refractivity contribution in [3.8, 4) is 0 Å². The van der Waals surface area contributed by atoms with E-state index < -0.39 is 29.6 Å². The van der Waals surface area contributed by atoms with Gasteiger partial charge in [0.05, 0.1) is 12.0 Å². The monoisotopic (exact) mass is 300 g/mol. The van der Waals surface area contributed by atoms with Crippen molar-refractivity contribution < 1.29 is 33.3 Å². The van der Waals surface area contributed by atoms with Gasteiger partial charge in [-0.05, 0) is 27.7 Å². The molecule has 1 rings (SSSR count). The number of ether oxygens (including phenoxy) is 4. The first-order chi connectivity index (χ1) is 9.65. The topological polar surface area (TPSA) is 88.1 Å². The van der Waals surface area contributed by atoms with Crippen LogP contribution in [0.1, 0.15) is 34.1 Å². The molecule has 0 aliphatic carbocycles. The highest BCUT2D eigenvalue weighted by molar-refractivity contribution is 6.12. The lowest BCUT2D eigenvalue weighted by molar-refractivity contribution is -0.159. The summed E-state index contributed by atoms with van der Waals surface area (Å²) in [6.45, 7) is 6.50. The molecule has 1 atom stereocenters. The minimum absolute atomic E-state index is 0.0305. The Balaban J connectivity index is 2.89. The first-order valence-corrected chi connectivity index (χ1v) is 6.45. The molecule has 1 heterocycles. The molecule has 7 heteroatoms. The number of hydrogen-bond acceptors (Lipinski definition) is 7. The van der Waals surface area contributed by atoms with E-state index >= 15 is 0 Å². The lowest BCUT2D eigenvalue weighted by Gasteiger charge is -2.22. The van der Waals surface area contributed by atoms with Gasteiger partial charge < -0.3 is 18.9 Å². The van der Waals surface area contributed by atoms with Gasteiger partial charge in [-0.25, -0.2) is 9.59 Å². The van der Waals surface area contributed by atoms with Crippen LogP contribution >= 0.6 is 0 Å². The molecule has 0 spiro atoms. The van der Waals surface area contributed by atoms with Crippen molar-refractivity contribution in [2.45, 2.75) is 45.8 Å². The van der Waals surface area contributed by atoms with Crippen LogP contribution in [0.2, 0.25) is 0 Å². The van der Waals surface area contributed by atoms with Gasteiger partial charge in [0.25, 0.3) is 0 Å². The van der Waals surface area contributed by atoms with Gasteiger partial charge in [-0.15, -0.1) is 0 Å². The molecule has 0 bridgehead atoms. The van der Waals surface area contributed by atoms with Crippen molar-refractivity contribution in [3.63, 3.8) is 0 Å². The molecule has 0 aromatic carbocycles. The van der Waals surface area contributed by atoms with E-state index in [2.05, 4.69) is 4.74 Å². The summed E-state index contributed by atoms with van der Waals surface area (Å²) >= 11 is 0. The number of esters is 3. The predicted octanol–water partition coefficient (Wildman–Crippen LogP) is 1.11. The van der Waals surface area contributed by atoms with Crippen molar-refractivity contribution in [2.75, 3.05) is 13.9 Å². The van der Waals surface area contributed by atoms with Crippen molar-refractivity contribution in [1.82, 2.24) is 0 Å². The molecule has 1 aliphatic rings. The van der Waals surface area contributed by atoms with Crippen LogP contribution < -0.4 is 0 Å². The Labute approximate surface area is 123 Å².